The molecule has 3 nitrogen and oxygen atoms in total. The quantitative estimate of drug-likeness (QED) is 0.515. The molecule has 0 aromatic heterocycles. The molecule has 2 unspecified atom stereocenters. The molecule has 6 heteroatoms. The number of fused-ring (bicyclic) bond motifs is 1. The Labute approximate surface area is 156 Å². The van der Waals surface area contributed by atoms with Crippen LogP contribution in [-0.2, 0) is 15.9 Å². The van der Waals surface area contributed by atoms with Crippen LogP contribution >= 0.6 is 0 Å². The van der Waals surface area contributed by atoms with Crippen LogP contribution in [0.5, 0.6) is 5.75 Å². The Kier molecular flexibility index (Phi) is 5.46. The molecule has 1 aromatic rings. The first-order valence-corrected chi connectivity index (χ1v) is 8.61. The van der Waals surface area contributed by atoms with E-state index in [0.29, 0.717) is 18.6 Å². The standard InChI is InChI=1S/C21H21F3O3/c1-5-13-6-7-16(26-10-13)15-9-14-8-11(2)20(17(22)12(3)25-4)27-21(14)19(24)18(15)23/h5,9,13,16H,1-3,6-8,10H2,4H3/b20-17-. The Balaban J connectivity index is 1.96. The Morgan fingerprint density at radius 3 is 2.63 bits per heavy atom. The fraction of sp³-hybridized carbons (Fsp3) is 0.333. The van der Waals surface area contributed by atoms with Gasteiger partial charge in [-0.1, -0.05) is 19.2 Å². The van der Waals surface area contributed by atoms with Crippen molar-refractivity contribution in [1.82, 2.24) is 0 Å². The van der Waals surface area contributed by atoms with Crippen molar-refractivity contribution in [3.8, 4) is 5.75 Å². The number of rotatable bonds is 4. The summed E-state index contributed by atoms with van der Waals surface area (Å²) < 4.78 is 59.4. The van der Waals surface area contributed by atoms with E-state index in [1.807, 2.05) is 0 Å². The van der Waals surface area contributed by atoms with E-state index in [9.17, 15) is 13.2 Å². The second-order valence-electron chi connectivity index (χ2n) is 6.63. The second kappa shape index (κ2) is 7.64. The molecule has 27 heavy (non-hydrogen) atoms. The lowest BCUT2D eigenvalue weighted by Gasteiger charge is -2.30. The van der Waals surface area contributed by atoms with Crippen molar-refractivity contribution in [3.63, 3.8) is 0 Å². The van der Waals surface area contributed by atoms with Gasteiger partial charge < -0.3 is 14.2 Å². The Morgan fingerprint density at radius 2 is 2.04 bits per heavy atom. The van der Waals surface area contributed by atoms with Gasteiger partial charge in [0.15, 0.2) is 23.1 Å². The largest absolute Gasteiger partial charge is 0.494 e. The van der Waals surface area contributed by atoms with Gasteiger partial charge in [0.05, 0.1) is 19.8 Å². The first kappa shape index (κ1) is 19.3. The molecule has 2 heterocycles. The molecule has 144 valence electrons. The van der Waals surface area contributed by atoms with Crippen LogP contribution in [0.15, 0.2) is 54.8 Å². The third-order valence-corrected chi connectivity index (χ3v) is 4.88. The molecule has 0 saturated carbocycles. The smallest absolute Gasteiger partial charge is 0.207 e. The molecule has 2 atom stereocenters. The molecule has 0 spiro atoms. The van der Waals surface area contributed by atoms with Gasteiger partial charge in [-0.2, -0.15) is 8.78 Å². The van der Waals surface area contributed by atoms with Crippen LogP contribution in [0, 0.1) is 17.6 Å². The van der Waals surface area contributed by atoms with Crippen molar-refractivity contribution >= 4 is 0 Å². The van der Waals surface area contributed by atoms with Gasteiger partial charge >= 0.3 is 0 Å². The summed E-state index contributed by atoms with van der Waals surface area (Å²) in [5.74, 6) is -3.84. The van der Waals surface area contributed by atoms with Crippen molar-refractivity contribution < 1.29 is 27.4 Å². The highest BCUT2D eigenvalue weighted by atomic mass is 19.2. The summed E-state index contributed by atoms with van der Waals surface area (Å²) in [6.07, 6.45) is 2.71. The minimum absolute atomic E-state index is 0.112. The third-order valence-electron chi connectivity index (χ3n) is 4.88. The third kappa shape index (κ3) is 3.54. The summed E-state index contributed by atoms with van der Waals surface area (Å²) in [4.78, 5) is 0. The monoisotopic (exact) mass is 378 g/mol. The number of hydrogen-bond donors (Lipinski definition) is 0. The predicted octanol–water partition coefficient (Wildman–Crippen LogP) is 5.45. The second-order valence-corrected chi connectivity index (χ2v) is 6.63. The van der Waals surface area contributed by atoms with Crippen LogP contribution in [0.4, 0.5) is 13.2 Å². The van der Waals surface area contributed by atoms with E-state index in [2.05, 4.69) is 19.7 Å². The van der Waals surface area contributed by atoms with E-state index in [-0.39, 0.29) is 40.7 Å². The molecule has 1 aromatic carbocycles. The van der Waals surface area contributed by atoms with Crippen LogP contribution < -0.4 is 4.74 Å². The summed E-state index contributed by atoms with van der Waals surface area (Å²) >= 11 is 0. The molecule has 3 rings (SSSR count). The molecular weight excluding hydrogens is 357 g/mol. The van der Waals surface area contributed by atoms with Crippen molar-refractivity contribution in [2.24, 2.45) is 5.92 Å². The van der Waals surface area contributed by atoms with Crippen LogP contribution in [0.3, 0.4) is 0 Å². The van der Waals surface area contributed by atoms with Gasteiger partial charge in [0.2, 0.25) is 11.6 Å². The molecule has 0 N–H and O–H groups in total. The van der Waals surface area contributed by atoms with Crippen LogP contribution in [0.2, 0.25) is 0 Å². The van der Waals surface area contributed by atoms with E-state index < -0.39 is 23.6 Å². The fourth-order valence-electron chi connectivity index (χ4n) is 3.26. The highest BCUT2D eigenvalue weighted by Gasteiger charge is 2.32. The molecule has 1 saturated heterocycles. The van der Waals surface area contributed by atoms with Crippen molar-refractivity contribution in [3.05, 3.63) is 77.6 Å². The lowest BCUT2D eigenvalue weighted by Crippen LogP contribution is -2.21. The van der Waals surface area contributed by atoms with E-state index in [0.717, 1.165) is 6.42 Å². The summed E-state index contributed by atoms with van der Waals surface area (Å²) in [6.45, 7) is 11.3. The first-order chi connectivity index (χ1) is 12.9. The first-order valence-electron chi connectivity index (χ1n) is 8.61. The zero-order chi connectivity index (χ0) is 19.7. The summed E-state index contributed by atoms with van der Waals surface area (Å²) in [6, 6.07) is 1.51. The Bertz CT molecular complexity index is 834. The maximum atomic E-state index is 14.7. The van der Waals surface area contributed by atoms with Gasteiger partial charge in [-0.05, 0) is 24.5 Å². The lowest BCUT2D eigenvalue weighted by atomic mass is 9.91. The van der Waals surface area contributed by atoms with E-state index in [1.165, 1.54) is 13.2 Å². The fourth-order valence-corrected chi connectivity index (χ4v) is 3.26. The summed E-state index contributed by atoms with van der Waals surface area (Å²) in [5, 5.41) is 0. The Morgan fingerprint density at radius 1 is 1.30 bits per heavy atom. The average molecular weight is 378 g/mol. The van der Waals surface area contributed by atoms with Gasteiger partial charge in [-0.25, -0.2) is 4.39 Å². The summed E-state index contributed by atoms with van der Waals surface area (Å²) in [5.41, 5.74) is 0.814. The minimum atomic E-state index is -1.17. The SMILES string of the molecule is C=CC1CCC(c2cc3c(c(F)c2F)O/C(=C(\F)C(=C)OC)C(=C)C3)OC1. The van der Waals surface area contributed by atoms with Crippen LogP contribution in [-0.4, -0.2) is 13.7 Å². The molecular formula is C21H21F3O3. The highest BCUT2D eigenvalue weighted by molar-refractivity contribution is 5.51. The number of hydrogen-bond acceptors (Lipinski definition) is 3. The molecule has 2 aliphatic heterocycles. The molecule has 0 bridgehead atoms. The van der Waals surface area contributed by atoms with Crippen LogP contribution in [0.1, 0.15) is 30.1 Å². The van der Waals surface area contributed by atoms with Crippen molar-refractivity contribution in [2.75, 3.05) is 13.7 Å². The van der Waals surface area contributed by atoms with E-state index >= 15 is 0 Å². The summed E-state index contributed by atoms with van der Waals surface area (Å²) in [7, 11) is 1.25. The molecule has 0 amide bonds. The van der Waals surface area contributed by atoms with E-state index in [1.54, 1.807) is 6.08 Å². The van der Waals surface area contributed by atoms with Crippen LogP contribution in [0.25, 0.3) is 0 Å². The molecule has 0 aliphatic carbocycles. The normalized spacial score (nSPS) is 23.9. The average Bonchev–Trinajstić information content (AvgIpc) is 2.69. The highest BCUT2D eigenvalue weighted by Crippen LogP contribution is 2.42. The number of ether oxygens (including phenoxy) is 3. The van der Waals surface area contributed by atoms with Gasteiger partial charge in [0.25, 0.3) is 0 Å². The van der Waals surface area contributed by atoms with Gasteiger partial charge in [-0.15, -0.1) is 6.58 Å². The van der Waals surface area contributed by atoms with Gasteiger partial charge in [0.1, 0.15) is 0 Å². The number of allylic oxidation sites excluding steroid dienone is 2. The van der Waals surface area contributed by atoms with Gasteiger partial charge in [-0.3, -0.25) is 0 Å². The number of halogens is 3. The lowest BCUT2D eigenvalue weighted by molar-refractivity contribution is -0.00745. The zero-order valence-corrected chi connectivity index (χ0v) is 15.1. The topological polar surface area (TPSA) is 27.7 Å². The van der Waals surface area contributed by atoms with Crippen molar-refractivity contribution in [1.29, 1.82) is 0 Å². The predicted molar refractivity (Wildman–Crippen MR) is 95.7 cm³/mol. The maximum absolute atomic E-state index is 14.7. The van der Waals surface area contributed by atoms with Crippen molar-refractivity contribution in [2.45, 2.75) is 25.4 Å². The number of methoxy groups -OCH3 is 1. The molecule has 0 radical (unpaired) electrons. The maximum Gasteiger partial charge on any atom is 0.207 e. The molecule has 2 aliphatic rings. The van der Waals surface area contributed by atoms with E-state index in [4.69, 9.17) is 14.2 Å². The molecule has 1 fully saturated rings. The Hall–Kier alpha value is -2.47. The van der Waals surface area contributed by atoms with Gasteiger partial charge in [0, 0.05) is 23.5 Å². The minimum Gasteiger partial charge on any atom is -0.494 e. The number of benzene rings is 1. The zero-order valence-electron chi connectivity index (χ0n) is 15.1.